The summed E-state index contributed by atoms with van der Waals surface area (Å²) in [6, 6.07) is 5.87. The molecule has 0 spiro atoms. The van der Waals surface area contributed by atoms with E-state index >= 15 is 0 Å². The number of esters is 1. The lowest BCUT2D eigenvalue weighted by Gasteiger charge is -2.12. The summed E-state index contributed by atoms with van der Waals surface area (Å²) in [5.74, 6) is -0.667. The van der Waals surface area contributed by atoms with Crippen LogP contribution in [-0.2, 0) is 20.7 Å². The molecule has 108 valence electrons. The highest BCUT2D eigenvalue weighted by molar-refractivity contribution is 5.96. The van der Waals surface area contributed by atoms with Crippen LogP contribution in [0.4, 0.5) is 4.79 Å². The van der Waals surface area contributed by atoms with Gasteiger partial charge in [-0.3, -0.25) is 14.9 Å². The number of hydrogen-bond donors (Lipinski definition) is 2. The van der Waals surface area contributed by atoms with Crippen molar-refractivity contribution in [1.82, 2.24) is 5.32 Å². The summed E-state index contributed by atoms with van der Waals surface area (Å²) in [7, 11) is 1.54. The smallest absolute Gasteiger partial charge is 0.318 e. The maximum atomic E-state index is 11.6. The SMILES string of the molecule is COc1ccc(CC(=O)O[C@@H](C)C(=O)NC(N)=O)cc1. The van der Waals surface area contributed by atoms with E-state index in [0.717, 1.165) is 5.56 Å². The Morgan fingerprint density at radius 1 is 1.25 bits per heavy atom. The van der Waals surface area contributed by atoms with Crippen molar-refractivity contribution >= 4 is 17.9 Å². The summed E-state index contributed by atoms with van der Waals surface area (Å²) in [5, 5.41) is 1.83. The van der Waals surface area contributed by atoms with Crippen LogP contribution < -0.4 is 15.8 Å². The predicted octanol–water partition coefficient (Wildman–Crippen LogP) is 0.364. The van der Waals surface area contributed by atoms with E-state index in [-0.39, 0.29) is 6.42 Å². The van der Waals surface area contributed by atoms with Crippen molar-refractivity contribution in [2.75, 3.05) is 7.11 Å². The lowest BCUT2D eigenvalue weighted by molar-refractivity contribution is -0.153. The summed E-state index contributed by atoms with van der Waals surface area (Å²) >= 11 is 0. The molecule has 3 N–H and O–H groups in total. The first-order valence-corrected chi connectivity index (χ1v) is 5.85. The zero-order chi connectivity index (χ0) is 15.1. The van der Waals surface area contributed by atoms with Gasteiger partial charge in [0, 0.05) is 0 Å². The molecule has 0 aliphatic carbocycles. The van der Waals surface area contributed by atoms with Crippen LogP contribution in [0.25, 0.3) is 0 Å². The van der Waals surface area contributed by atoms with Gasteiger partial charge in [-0.1, -0.05) is 12.1 Å². The van der Waals surface area contributed by atoms with Crippen molar-refractivity contribution in [2.24, 2.45) is 5.73 Å². The van der Waals surface area contributed by atoms with E-state index in [0.29, 0.717) is 5.75 Å². The first-order valence-electron chi connectivity index (χ1n) is 5.85. The average Bonchev–Trinajstić information content (AvgIpc) is 2.38. The molecule has 20 heavy (non-hydrogen) atoms. The molecule has 1 aromatic rings. The molecule has 0 saturated carbocycles. The largest absolute Gasteiger partial charge is 0.497 e. The van der Waals surface area contributed by atoms with E-state index in [4.69, 9.17) is 15.2 Å². The Kier molecular flexibility index (Phi) is 5.52. The van der Waals surface area contributed by atoms with Gasteiger partial charge >= 0.3 is 12.0 Å². The summed E-state index contributed by atoms with van der Waals surface area (Å²) in [6.07, 6.45) is -1.08. The average molecular weight is 280 g/mol. The highest BCUT2D eigenvalue weighted by Gasteiger charge is 2.19. The monoisotopic (exact) mass is 280 g/mol. The highest BCUT2D eigenvalue weighted by Crippen LogP contribution is 2.12. The van der Waals surface area contributed by atoms with E-state index in [1.807, 2.05) is 5.32 Å². The number of nitrogens with one attached hydrogen (secondary N) is 1. The van der Waals surface area contributed by atoms with Crippen molar-refractivity contribution in [3.05, 3.63) is 29.8 Å². The van der Waals surface area contributed by atoms with Crippen LogP contribution in [0.5, 0.6) is 5.75 Å². The molecule has 0 aromatic heterocycles. The molecular weight excluding hydrogens is 264 g/mol. The van der Waals surface area contributed by atoms with Crippen LogP contribution in [-0.4, -0.2) is 31.1 Å². The topological polar surface area (TPSA) is 108 Å². The molecule has 7 heteroatoms. The number of carbonyl (C=O) groups is 3. The second-order valence-corrected chi connectivity index (χ2v) is 4.01. The first-order chi connectivity index (χ1) is 9.42. The van der Waals surface area contributed by atoms with Gasteiger partial charge in [-0.2, -0.15) is 0 Å². The van der Waals surface area contributed by atoms with Crippen molar-refractivity contribution in [1.29, 1.82) is 0 Å². The lowest BCUT2D eigenvalue weighted by Crippen LogP contribution is -2.42. The molecule has 1 atom stereocenters. The Hall–Kier alpha value is -2.57. The van der Waals surface area contributed by atoms with Gasteiger partial charge in [0.2, 0.25) is 0 Å². The third-order valence-corrected chi connectivity index (χ3v) is 2.43. The minimum absolute atomic E-state index is 0.0121. The minimum atomic E-state index is -1.09. The summed E-state index contributed by atoms with van der Waals surface area (Å²) < 4.78 is 9.88. The molecule has 7 nitrogen and oxygen atoms in total. The maximum Gasteiger partial charge on any atom is 0.318 e. The number of methoxy groups -OCH3 is 1. The Balaban J connectivity index is 2.50. The molecule has 1 rings (SSSR count). The number of nitrogens with two attached hydrogens (primary N) is 1. The van der Waals surface area contributed by atoms with Crippen LogP contribution >= 0.6 is 0 Å². The van der Waals surface area contributed by atoms with Crippen molar-refractivity contribution in [3.63, 3.8) is 0 Å². The fourth-order valence-electron chi connectivity index (χ4n) is 1.43. The predicted molar refractivity (Wildman–Crippen MR) is 70.0 cm³/mol. The van der Waals surface area contributed by atoms with Gasteiger partial charge in [-0.05, 0) is 24.6 Å². The van der Waals surface area contributed by atoms with E-state index in [9.17, 15) is 14.4 Å². The summed E-state index contributed by atoms with van der Waals surface area (Å²) in [6.45, 7) is 1.35. The molecular formula is C13H16N2O5. The Bertz CT molecular complexity index is 498. The minimum Gasteiger partial charge on any atom is -0.497 e. The third-order valence-electron chi connectivity index (χ3n) is 2.43. The Labute approximate surface area is 116 Å². The molecule has 0 fully saturated rings. The van der Waals surface area contributed by atoms with Gasteiger partial charge in [0.05, 0.1) is 13.5 Å². The van der Waals surface area contributed by atoms with E-state index < -0.39 is 24.0 Å². The molecule has 1 aromatic carbocycles. The van der Waals surface area contributed by atoms with Gasteiger partial charge in [-0.15, -0.1) is 0 Å². The number of primary amides is 1. The number of carbonyl (C=O) groups excluding carboxylic acids is 3. The van der Waals surface area contributed by atoms with Crippen LogP contribution in [0.1, 0.15) is 12.5 Å². The molecule has 0 heterocycles. The van der Waals surface area contributed by atoms with Gasteiger partial charge in [0.15, 0.2) is 6.10 Å². The maximum absolute atomic E-state index is 11.6. The van der Waals surface area contributed by atoms with Crippen LogP contribution in [0.3, 0.4) is 0 Å². The van der Waals surface area contributed by atoms with Gasteiger partial charge in [0.1, 0.15) is 5.75 Å². The number of imide groups is 1. The molecule has 0 saturated heterocycles. The molecule has 0 radical (unpaired) electrons. The Morgan fingerprint density at radius 3 is 2.35 bits per heavy atom. The normalized spacial score (nSPS) is 11.3. The van der Waals surface area contributed by atoms with Crippen molar-refractivity contribution < 1.29 is 23.9 Å². The van der Waals surface area contributed by atoms with Gasteiger partial charge < -0.3 is 15.2 Å². The van der Waals surface area contributed by atoms with E-state index in [1.165, 1.54) is 6.92 Å². The van der Waals surface area contributed by atoms with Gasteiger partial charge in [0.25, 0.3) is 5.91 Å². The van der Waals surface area contributed by atoms with Crippen molar-refractivity contribution in [2.45, 2.75) is 19.4 Å². The lowest BCUT2D eigenvalue weighted by atomic mass is 10.1. The Morgan fingerprint density at radius 2 is 1.85 bits per heavy atom. The molecule has 0 bridgehead atoms. The second-order valence-electron chi connectivity index (χ2n) is 4.01. The first kappa shape index (κ1) is 15.5. The zero-order valence-corrected chi connectivity index (χ0v) is 11.2. The molecule has 0 aliphatic heterocycles. The van der Waals surface area contributed by atoms with Crippen LogP contribution in [0.15, 0.2) is 24.3 Å². The number of amides is 3. The molecule has 0 unspecified atom stereocenters. The number of rotatable bonds is 5. The standard InChI is InChI=1S/C13H16N2O5/c1-8(12(17)15-13(14)18)20-11(16)7-9-3-5-10(19-2)6-4-9/h3-6,8H,7H2,1-2H3,(H3,14,15,17,18)/t8-/m0/s1. The summed E-state index contributed by atoms with van der Waals surface area (Å²) in [5.41, 5.74) is 5.51. The number of benzene rings is 1. The second kappa shape index (κ2) is 7.13. The number of ether oxygens (including phenoxy) is 2. The van der Waals surface area contributed by atoms with Crippen molar-refractivity contribution in [3.8, 4) is 5.75 Å². The van der Waals surface area contributed by atoms with Crippen LogP contribution in [0, 0.1) is 0 Å². The van der Waals surface area contributed by atoms with E-state index in [1.54, 1.807) is 31.4 Å². The van der Waals surface area contributed by atoms with E-state index in [2.05, 4.69) is 0 Å². The number of urea groups is 1. The molecule has 0 aliphatic rings. The highest BCUT2D eigenvalue weighted by atomic mass is 16.5. The quantitative estimate of drug-likeness (QED) is 0.757. The fraction of sp³-hybridized carbons (Fsp3) is 0.308. The molecule has 3 amide bonds. The van der Waals surface area contributed by atoms with Crippen LogP contribution in [0.2, 0.25) is 0 Å². The van der Waals surface area contributed by atoms with Gasteiger partial charge in [-0.25, -0.2) is 4.79 Å². The zero-order valence-electron chi connectivity index (χ0n) is 11.2. The number of hydrogen-bond acceptors (Lipinski definition) is 5. The third kappa shape index (κ3) is 4.97. The fourth-order valence-corrected chi connectivity index (χ4v) is 1.43. The summed E-state index contributed by atoms with van der Waals surface area (Å²) in [4.78, 5) is 33.4.